The highest BCUT2D eigenvalue weighted by Crippen LogP contribution is 2.53. The summed E-state index contributed by atoms with van der Waals surface area (Å²) in [7, 11) is 3.76. The number of anilines is 1. The summed E-state index contributed by atoms with van der Waals surface area (Å²) in [5, 5.41) is 15.6. The molecule has 0 bridgehead atoms. The number of likely N-dealkylation sites (N-methyl/N-ethyl adjacent to an activating group) is 1. The summed E-state index contributed by atoms with van der Waals surface area (Å²) in [6, 6.07) is 7.22. The van der Waals surface area contributed by atoms with E-state index < -0.39 is 17.5 Å². The molecule has 0 radical (unpaired) electrons. The third-order valence-electron chi connectivity index (χ3n) is 4.68. The maximum atomic E-state index is 12.7. The van der Waals surface area contributed by atoms with Gasteiger partial charge in [0.1, 0.15) is 5.54 Å². The number of amides is 1. The van der Waals surface area contributed by atoms with Crippen LogP contribution in [0.15, 0.2) is 36.4 Å². The molecule has 1 aliphatic heterocycles. The molecule has 1 aromatic rings. The number of carboxylic acid groups (broad SMARTS) is 2. The van der Waals surface area contributed by atoms with Crippen LogP contribution >= 0.6 is 0 Å². The van der Waals surface area contributed by atoms with E-state index in [9.17, 15) is 19.2 Å². The fraction of sp³-hybridized carbons (Fsp3) is 0.368. The van der Waals surface area contributed by atoms with Gasteiger partial charge >= 0.3 is 11.9 Å². The largest absolute Gasteiger partial charge is 0.478 e. The van der Waals surface area contributed by atoms with Crippen LogP contribution in [0.25, 0.3) is 0 Å². The number of hydrogen-bond donors (Lipinski definition) is 2. The Balaban J connectivity index is 0.000000279. The van der Waals surface area contributed by atoms with Gasteiger partial charge in [-0.25, -0.2) is 9.59 Å². The van der Waals surface area contributed by atoms with Crippen LogP contribution in [-0.2, 0) is 14.4 Å². The fourth-order valence-electron chi connectivity index (χ4n) is 2.89. The van der Waals surface area contributed by atoms with Crippen molar-refractivity contribution in [3.8, 4) is 0 Å². The molecule has 1 aromatic carbocycles. The topological polar surface area (TPSA) is 115 Å². The van der Waals surface area contributed by atoms with E-state index in [1.165, 1.54) is 0 Å². The lowest BCUT2D eigenvalue weighted by atomic mass is 10.1. The lowest BCUT2D eigenvalue weighted by Crippen LogP contribution is -2.50. The van der Waals surface area contributed by atoms with Gasteiger partial charge in [-0.1, -0.05) is 12.1 Å². The third kappa shape index (κ3) is 4.06. The number of carbonyl (C=O) groups excluding carboxylic acids is 2. The molecule has 1 saturated carbocycles. The molecule has 1 spiro atoms. The lowest BCUT2D eigenvalue weighted by molar-refractivity contribution is -0.134. The first-order valence-electron chi connectivity index (χ1n) is 8.40. The van der Waals surface area contributed by atoms with Crippen molar-refractivity contribution in [3.63, 3.8) is 0 Å². The van der Waals surface area contributed by atoms with E-state index in [1.807, 2.05) is 50.2 Å². The van der Waals surface area contributed by atoms with Crippen molar-refractivity contribution in [1.82, 2.24) is 4.90 Å². The van der Waals surface area contributed by atoms with Crippen molar-refractivity contribution in [3.05, 3.63) is 42.0 Å². The minimum atomic E-state index is -1.26. The molecule has 0 saturated heterocycles. The Bertz CT molecular complexity index is 794. The summed E-state index contributed by atoms with van der Waals surface area (Å²) >= 11 is 0. The maximum absolute atomic E-state index is 12.7. The second-order valence-electron chi connectivity index (χ2n) is 6.70. The minimum absolute atomic E-state index is 0.0146. The second kappa shape index (κ2) is 7.71. The summed E-state index contributed by atoms with van der Waals surface area (Å²) in [6.45, 7) is 1.88. The normalized spacial score (nSPS) is 17.5. The number of fused-ring (bicyclic) bond motifs is 1. The summed E-state index contributed by atoms with van der Waals surface area (Å²) in [5.41, 5.74) is 0.911. The Morgan fingerprint density at radius 2 is 1.63 bits per heavy atom. The average molecular weight is 374 g/mol. The number of para-hydroxylation sites is 1. The smallest absolute Gasteiger partial charge is 0.328 e. The number of carboxylic acids is 2. The van der Waals surface area contributed by atoms with Crippen LogP contribution in [0.5, 0.6) is 0 Å². The zero-order chi connectivity index (χ0) is 20.4. The summed E-state index contributed by atoms with van der Waals surface area (Å²) in [6.07, 6.45) is 2.68. The highest BCUT2D eigenvalue weighted by Gasteiger charge is 2.62. The first kappa shape index (κ1) is 20.3. The van der Waals surface area contributed by atoms with Crippen LogP contribution in [-0.4, -0.2) is 64.4 Å². The van der Waals surface area contributed by atoms with Gasteiger partial charge < -0.3 is 10.2 Å². The van der Waals surface area contributed by atoms with Gasteiger partial charge in [0.2, 0.25) is 5.91 Å². The van der Waals surface area contributed by atoms with Crippen LogP contribution < -0.4 is 4.90 Å². The van der Waals surface area contributed by atoms with Crippen LogP contribution in [0.1, 0.15) is 30.1 Å². The van der Waals surface area contributed by atoms with Crippen LogP contribution in [0.3, 0.4) is 0 Å². The monoisotopic (exact) mass is 374 g/mol. The highest BCUT2D eigenvalue weighted by molar-refractivity contribution is 6.22. The highest BCUT2D eigenvalue weighted by atomic mass is 16.4. The maximum Gasteiger partial charge on any atom is 0.328 e. The van der Waals surface area contributed by atoms with Crippen molar-refractivity contribution in [2.45, 2.75) is 31.3 Å². The Morgan fingerprint density at radius 1 is 1.11 bits per heavy atom. The van der Waals surface area contributed by atoms with Gasteiger partial charge in [-0.05, 0) is 46.0 Å². The van der Waals surface area contributed by atoms with Crippen molar-refractivity contribution in [2.75, 3.05) is 19.0 Å². The van der Waals surface area contributed by atoms with Gasteiger partial charge in [-0.3, -0.25) is 19.4 Å². The molecule has 1 fully saturated rings. The SMILES string of the molecule is CC(C(=O)N1c2ccccc2C(=O)C12CC2)N(C)C.O=C(O)/C=C\C(=O)O. The molecule has 2 aliphatic rings. The molecule has 27 heavy (non-hydrogen) atoms. The standard InChI is InChI=1S/C15H18N2O2.C4H4O4/c1-10(16(2)3)14(19)17-12-7-5-4-6-11(12)13(18)15(17)8-9-15;5-3(6)1-2-4(7)8/h4-7,10H,8-9H2,1-3H3;1-2H,(H,5,6)(H,7,8)/b;2-1-. The van der Waals surface area contributed by atoms with Crippen LogP contribution in [0.2, 0.25) is 0 Å². The molecule has 8 heteroatoms. The van der Waals surface area contributed by atoms with E-state index in [1.54, 1.807) is 4.90 Å². The summed E-state index contributed by atoms with van der Waals surface area (Å²) in [4.78, 5) is 47.9. The van der Waals surface area contributed by atoms with Gasteiger partial charge in [0.05, 0.1) is 11.7 Å². The van der Waals surface area contributed by atoms with Crippen molar-refractivity contribution in [1.29, 1.82) is 0 Å². The van der Waals surface area contributed by atoms with Crippen LogP contribution in [0.4, 0.5) is 5.69 Å². The Morgan fingerprint density at radius 3 is 2.07 bits per heavy atom. The number of benzene rings is 1. The van der Waals surface area contributed by atoms with Gasteiger partial charge in [0.15, 0.2) is 5.78 Å². The number of aliphatic carboxylic acids is 2. The first-order valence-corrected chi connectivity index (χ1v) is 8.40. The summed E-state index contributed by atoms with van der Waals surface area (Å²) in [5.74, 6) is -2.39. The molecule has 1 heterocycles. The molecule has 1 atom stereocenters. The van der Waals surface area contributed by atoms with E-state index in [4.69, 9.17) is 10.2 Å². The van der Waals surface area contributed by atoms with E-state index in [0.29, 0.717) is 17.7 Å². The summed E-state index contributed by atoms with van der Waals surface area (Å²) < 4.78 is 0. The van der Waals surface area contributed by atoms with Gasteiger partial charge in [-0.15, -0.1) is 0 Å². The lowest BCUT2D eigenvalue weighted by Gasteiger charge is -2.29. The quantitative estimate of drug-likeness (QED) is 0.766. The number of ketones is 1. The number of Topliss-reactive ketones (excluding diaryl/α,β-unsaturated/α-hetero) is 1. The molecule has 1 unspecified atom stereocenters. The molecule has 0 aromatic heterocycles. The van der Waals surface area contributed by atoms with Crippen molar-refractivity contribution in [2.24, 2.45) is 0 Å². The molecule has 2 N–H and O–H groups in total. The van der Waals surface area contributed by atoms with E-state index in [-0.39, 0.29) is 17.7 Å². The predicted molar refractivity (Wildman–Crippen MR) is 97.8 cm³/mol. The number of hydrogen-bond acceptors (Lipinski definition) is 5. The van der Waals surface area contributed by atoms with Crippen molar-refractivity contribution >= 4 is 29.3 Å². The molecule has 1 aliphatic carbocycles. The van der Waals surface area contributed by atoms with Gasteiger partial charge in [0.25, 0.3) is 0 Å². The zero-order valence-electron chi connectivity index (χ0n) is 15.4. The van der Waals surface area contributed by atoms with Gasteiger partial charge in [0, 0.05) is 17.7 Å². The van der Waals surface area contributed by atoms with E-state index in [2.05, 4.69) is 0 Å². The number of carbonyl (C=O) groups is 4. The Hall–Kier alpha value is -3.00. The predicted octanol–water partition coefficient (Wildman–Crippen LogP) is 1.41. The molecule has 1 amide bonds. The molecular formula is C19H22N2O6. The van der Waals surface area contributed by atoms with Gasteiger partial charge in [-0.2, -0.15) is 0 Å². The van der Waals surface area contributed by atoms with E-state index in [0.717, 1.165) is 18.5 Å². The molecule has 144 valence electrons. The average Bonchev–Trinajstić information content (AvgIpc) is 3.36. The fourth-order valence-corrected chi connectivity index (χ4v) is 2.89. The zero-order valence-corrected chi connectivity index (χ0v) is 15.4. The first-order chi connectivity index (χ1) is 12.6. The molecule has 8 nitrogen and oxygen atoms in total. The minimum Gasteiger partial charge on any atom is -0.478 e. The Labute approximate surface area is 156 Å². The number of nitrogens with zero attached hydrogens (tertiary/aromatic N) is 2. The molecular weight excluding hydrogens is 352 g/mol. The molecule has 3 rings (SSSR count). The number of rotatable bonds is 4. The second-order valence-corrected chi connectivity index (χ2v) is 6.70. The third-order valence-corrected chi connectivity index (χ3v) is 4.68. The van der Waals surface area contributed by atoms with E-state index >= 15 is 0 Å². The van der Waals surface area contributed by atoms with Crippen molar-refractivity contribution < 1.29 is 29.4 Å². The Kier molecular flexibility index (Phi) is 5.80. The van der Waals surface area contributed by atoms with Crippen LogP contribution in [0, 0.1) is 0 Å².